The molecule has 9 nitrogen and oxygen atoms in total. The van der Waals surface area contributed by atoms with Crippen molar-refractivity contribution >= 4 is 34.7 Å². The highest BCUT2D eigenvalue weighted by Gasteiger charge is 2.07. The molecule has 0 heterocycles. The van der Waals surface area contributed by atoms with Gasteiger partial charge in [-0.3, -0.25) is 9.59 Å². The van der Waals surface area contributed by atoms with Crippen LogP contribution in [-0.2, 0) is 9.59 Å². The third-order valence-corrected chi connectivity index (χ3v) is 9.60. The van der Waals surface area contributed by atoms with Crippen LogP contribution in [0.15, 0.2) is 118 Å². The average molecular weight is 775 g/mol. The summed E-state index contributed by atoms with van der Waals surface area (Å²) < 4.78 is 16.9. The molecule has 0 radical (unpaired) electrons. The van der Waals surface area contributed by atoms with Crippen molar-refractivity contribution in [1.82, 2.24) is 0 Å². The van der Waals surface area contributed by atoms with Gasteiger partial charge in [0.1, 0.15) is 17.2 Å². The minimum atomic E-state index is -0.218. The predicted molar refractivity (Wildman–Crippen MR) is 229 cm³/mol. The van der Waals surface area contributed by atoms with Gasteiger partial charge in [0.2, 0.25) is 0 Å². The fourth-order valence-corrected chi connectivity index (χ4v) is 6.18. The first-order valence-electron chi connectivity index (χ1n) is 21.2. The second-order valence-electron chi connectivity index (χ2n) is 14.7. The van der Waals surface area contributed by atoms with E-state index in [0.717, 1.165) is 87.9 Å². The van der Waals surface area contributed by atoms with Crippen LogP contribution in [0.25, 0.3) is 0 Å². The molecular formula is C48H62N4O5. The van der Waals surface area contributed by atoms with E-state index in [1.807, 2.05) is 55.5 Å². The van der Waals surface area contributed by atoms with E-state index in [1.165, 1.54) is 50.5 Å². The number of hydrogen-bond donors (Lipinski definition) is 0. The summed E-state index contributed by atoms with van der Waals surface area (Å²) >= 11 is 0. The van der Waals surface area contributed by atoms with Gasteiger partial charge in [0.15, 0.2) is 0 Å². The molecule has 4 rings (SSSR count). The molecule has 0 aliphatic heterocycles. The highest BCUT2D eigenvalue weighted by Crippen LogP contribution is 2.25. The van der Waals surface area contributed by atoms with E-state index < -0.39 is 0 Å². The van der Waals surface area contributed by atoms with Gasteiger partial charge in [-0.2, -0.15) is 20.5 Å². The Labute approximate surface area is 340 Å². The molecule has 0 saturated carbocycles. The van der Waals surface area contributed by atoms with Gasteiger partial charge >= 0.3 is 11.9 Å². The number of azo groups is 2. The Kier molecular flexibility index (Phi) is 21.4. The third-order valence-electron chi connectivity index (χ3n) is 9.60. The second kappa shape index (κ2) is 27.4. The summed E-state index contributed by atoms with van der Waals surface area (Å²) in [5.74, 6) is 1.45. The smallest absolute Gasteiger partial charge is 0.311 e. The predicted octanol–water partition coefficient (Wildman–Crippen LogP) is 15.1. The van der Waals surface area contributed by atoms with E-state index in [1.54, 1.807) is 48.5 Å². The molecular weight excluding hydrogens is 713 g/mol. The van der Waals surface area contributed by atoms with E-state index >= 15 is 0 Å². The standard InChI is InChI=1S/C48H62N4O5/c1-3-4-5-6-7-13-16-19-38-55-44-32-26-41(27-33-44)50-52-43-30-36-46(37-31-43)57-48(54)21-18-15-12-10-8-9-11-14-17-20-47(53)56-45-34-28-42(29-35-45)51-49-40-24-22-39(2)23-25-40/h22-37H,3-21,38H2,1-2H3. The molecule has 0 N–H and O–H groups in total. The van der Waals surface area contributed by atoms with Gasteiger partial charge in [-0.1, -0.05) is 115 Å². The van der Waals surface area contributed by atoms with Crippen molar-refractivity contribution < 1.29 is 23.8 Å². The van der Waals surface area contributed by atoms with E-state index in [4.69, 9.17) is 14.2 Å². The van der Waals surface area contributed by atoms with Crippen LogP contribution < -0.4 is 14.2 Å². The van der Waals surface area contributed by atoms with Gasteiger partial charge in [0.25, 0.3) is 0 Å². The van der Waals surface area contributed by atoms with Crippen LogP contribution >= 0.6 is 0 Å². The van der Waals surface area contributed by atoms with Gasteiger partial charge in [-0.15, -0.1) is 0 Å². The fraction of sp³-hybridized carbons (Fsp3) is 0.458. The van der Waals surface area contributed by atoms with Crippen LogP contribution in [0.2, 0.25) is 0 Å². The zero-order chi connectivity index (χ0) is 40.2. The lowest BCUT2D eigenvalue weighted by Crippen LogP contribution is -2.07. The average Bonchev–Trinajstić information content (AvgIpc) is 3.22. The number of rotatable bonds is 28. The monoisotopic (exact) mass is 774 g/mol. The molecule has 4 aromatic rings. The molecule has 0 spiro atoms. The number of benzene rings is 4. The van der Waals surface area contributed by atoms with Gasteiger partial charge in [0, 0.05) is 12.8 Å². The Morgan fingerprint density at radius 2 is 0.719 bits per heavy atom. The maximum absolute atomic E-state index is 12.4. The Bertz CT molecular complexity index is 1760. The van der Waals surface area contributed by atoms with Gasteiger partial charge in [-0.25, -0.2) is 0 Å². The number of carbonyl (C=O) groups is 2. The summed E-state index contributed by atoms with van der Waals surface area (Å²) in [6.07, 6.45) is 20.4. The lowest BCUT2D eigenvalue weighted by molar-refractivity contribution is -0.135. The zero-order valence-corrected chi connectivity index (χ0v) is 34.2. The molecule has 0 saturated heterocycles. The van der Waals surface area contributed by atoms with E-state index in [2.05, 4.69) is 27.4 Å². The number of unbranched alkanes of at least 4 members (excludes halogenated alkanes) is 15. The Balaban J connectivity index is 0.956. The van der Waals surface area contributed by atoms with Crippen LogP contribution in [-0.4, -0.2) is 18.5 Å². The van der Waals surface area contributed by atoms with Crippen LogP contribution in [0.3, 0.4) is 0 Å². The van der Waals surface area contributed by atoms with Crippen molar-refractivity contribution in [3.8, 4) is 17.2 Å². The molecule has 0 fully saturated rings. The quantitative estimate of drug-likeness (QED) is 0.0247. The first-order chi connectivity index (χ1) is 28.0. The number of hydrogen-bond acceptors (Lipinski definition) is 9. The molecule has 57 heavy (non-hydrogen) atoms. The van der Waals surface area contributed by atoms with Crippen LogP contribution in [0.1, 0.15) is 134 Å². The minimum absolute atomic E-state index is 0.214. The maximum atomic E-state index is 12.4. The van der Waals surface area contributed by atoms with Crippen LogP contribution in [0.5, 0.6) is 17.2 Å². The van der Waals surface area contributed by atoms with Crippen molar-refractivity contribution in [3.05, 3.63) is 103 Å². The number of nitrogens with zero attached hydrogens (tertiary/aromatic N) is 4. The van der Waals surface area contributed by atoms with Crippen molar-refractivity contribution in [2.45, 2.75) is 136 Å². The van der Waals surface area contributed by atoms with Crippen molar-refractivity contribution in [1.29, 1.82) is 0 Å². The highest BCUT2D eigenvalue weighted by atomic mass is 16.5. The molecule has 4 aromatic carbocycles. The van der Waals surface area contributed by atoms with Crippen LogP contribution in [0.4, 0.5) is 22.7 Å². The molecule has 0 atom stereocenters. The summed E-state index contributed by atoms with van der Waals surface area (Å²) in [5.41, 5.74) is 4.10. The van der Waals surface area contributed by atoms with Crippen molar-refractivity contribution in [3.63, 3.8) is 0 Å². The summed E-state index contributed by atoms with van der Waals surface area (Å²) in [6.45, 7) is 5.02. The lowest BCUT2D eigenvalue weighted by Gasteiger charge is -2.06. The number of esters is 2. The molecule has 0 aliphatic carbocycles. The maximum Gasteiger partial charge on any atom is 0.311 e. The van der Waals surface area contributed by atoms with Crippen molar-refractivity contribution in [2.24, 2.45) is 20.5 Å². The number of aryl methyl sites for hydroxylation is 1. The first kappa shape index (κ1) is 44.5. The third kappa shape index (κ3) is 20.0. The second-order valence-corrected chi connectivity index (χ2v) is 14.7. The first-order valence-corrected chi connectivity index (χ1v) is 21.2. The topological polar surface area (TPSA) is 111 Å². The van der Waals surface area contributed by atoms with E-state index in [9.17, 15) is 9.59 Å². The largest absolute Gasteiger partial charge is 0.494 e. The molecule has 0 amide bonds. The van der Waals surface area contributed by atoms with E-state index in [-0.39, 0.29) is 11.9 Å². The molecule has 304 valence electrons. The Morgan fingerprint density at radius 1 is 0.404 bits per heavy atom. The summed E-state index contributed by atoms with van der Waals surface area (Å²) in [5, 5.41) is 17.1. The molecule has 0 aliphatic rings. The summed E-state index contributed by atoms with van der Waals surface area (Å²) in [7, 11) is 0. The van der Waals surface area contributed by atoms with E-state index in [0.29, 0.717) is 35.7 Å². The molecule has 0 aromatic heterocycles. The lowest BCUT2D eigenvalue weighted by atomic mass is 10.1. The number of carbonyl (C=O) groups excluding carboxylic acids is 2. The van der Waals surface area contributed by atoms with Gasteiger partial charge < -0.3 is 14.2 Å². The SMILES string of the molecule is CCCCCCCCCCOc1ccc(N=Nc2ccc(OC(=O)CCCCCCCCCCCC(=O)Oc3ccc(N=Nc4ccc(C)cc4)cc3)cc2)cc1. The van der Waals surface area contributed by atoms with Crippen LogP contribution in [0, 0.1) is 6.92 Å². The minimum Gasteiger partial charge on any atom is -0.494 e. The summed E-state index contributed by atoms with van der Waals surface area (Å²) in [6, 6.07) is 29.6. The molecule has 0 bridgehead atoms. The zero-order valence-electron chi connectivity index (χ0n) is 34.2. The summed E-state index contributed by atoms with van der Waals surface area (Å²) in [4.78, 5) is 24.6. The van der Waals surface area contributed by atoms with Gasteiger partial charge in [0.05, 0.1) is 29.4 Å². The fourth-order valence-electron chi connectivity index (χ4n) is 6.18. The number of ether oxygens (including phenoxy) is 3. The Morgan fingerprint density at radius 3 is 1.11 bits per heavy atom. The Hall–Kier alpha value is -5.18. The molecule has 0 unspecified atom stereocenters. The highest BCUT2D eigenvalue weighted by molar-refractivity contribution is 5.73. The molecule has 9 heteroatoms. The normalized spacial score (nSPS) is 11.3. The van der Waals surface area contributed by atoms with Gasteiger partial charge in [-0.05, 0) is 111 Å². The van der Waals surface area contributed by atoms with Crippen molar-refractivity contribution in [2.75, 3.05) is 6.61 Å².